The minimum Gasteiger partial charge on any atom is -0.379 e. The van der Waals surface area contributed by atoms with Crippen LogP contribution in [0.15, 0.2) is 24.3 Å². The third-order valence-electron chi connectivity index (χ3n) is 3.82. The molecule has 0 spiro atoms. The van der Waals surface area contributed by atoms with Crippen molar-refractivity contribution in [2.24, 2.45) is 5.73 Å². The maximum absolute atomic E-state index is 13.5. The molecule has 0 aliphatic carbocycles. The molecule has 22 heavy (non-hydrogen) atoms. The third kappa shape index (κ3) is 5.05. The third-order valence-corrected chi connectivity index (χ3v) is 3.82. The van der Waals surface area contributed by atoms with E-state index < -0.39 is 0 Å². The predicted octanol–water partition coefficient (Wildman–Crippen LogP) is 1.05. The van der Waals surface area contributed by atoms with Crippen molar-refractivity contribution < 1.29 is 13.9 Å². The summed E-state index contributed by atoms with van der Waals surface area (Å²) < 4.78 is 18.9. The highest BCUT2D eigenvalue weighted by molar-refractivity contribution is 5.75. The van der Waals surface area contributed by atoms with Crippen molar-refractivity contribution in [1.82, 2.24) is 10.2 Å². The van der Waals surface area contributed by atoms with E-state index in [1.807, 2.05) is 6.07 Å². The van der Waals surface area contributed by atoms with Crippen LogP contribution in [0.1, 0.15) is 24.4 Å². The number of halogens is 1. The molecule has 0 bridgehead atoms. The Morgan fingerprint density at radius 3 is 2.86 bits per heavy atom. The number of hydrogen-bond acceptors (Lipinski definition) is 4. The van der Waals surface area contributed by atoms with Crippen molar-refractivity contribution in [3.8, 4) is 0 Å². The number of ether oxygens (including phenoxy) is 1. The molecule has 1 aliphatic rings. The van der Waals surface area contributed by atoms with E-state index in [0.717, 1.165) is 18.7 Å². The molecule has 1 amide bonds. The summed E-state index contributed by atoms with van der Waals surface area (Å²) >= 11 is 0. The Labute approximate surface area is 130 Å². The highest BCUT2D eigenvalue weighted by Gasteiger charge is 2.23. The van der Waals surface area contributed by atoms with Crippen molar-refractivity contribution in [2.45, 2.75) is 18.9 Å². The Balaban J connectivity index is 2.03. The number of morpholine rings is 1. The number of carbonyl (C=O) groups excluding carboxylic acids is 1. The summed E-state index contributed by atoms with van der Waals surface area (Å²) in [6.07, 6.45) is 1.10. The molecular formula is C16H24FN3O2. The van der Waals surface area contributed by atoms with Crippen LogP contribution in [0.2, 0.25) is 0 Å². The first kappa shape index (κ1) is 16.9. The molecule has 6 heteroatoms. The summed E-state index contributed by atoms with van der Waals surface area (Å²) in [6, 6.07) is 6.52. The molecule has 122 valence electrons. The van der Waals surface area contributed by atoms with Crippen molar-refractivity contribution >= 4 is 5.91 Å². The van der Waals surface area contributed by atoms with Gasteiger partial charge in [-0.2, -0.15) is 0 Å². The number of nitrogens with one attached hydrogen (secondary N) is 1. The van der Waals surface area contributed by atoms with Gasteiger partial charge >= 0.3 is 0 Å². The first-order valence-corrected chi connectivity index (χ1v) is 7.74. The summed E-state index contributed by atoms with van der Waals surface area (Å²) in [5.74, 6) is -0.273. The summed E-state index contributed by atoms with van der Waals surface area (Å²) in [5, 5.41) is 2.93. The van der Waals surface area contributed by atoms with Gasteiger partial charge in [-0.1, -0.05) is 12.1 Å². The van der Waals surface area contributed by atoms with Gasteiger partial charge in [-0.15, -0.1) is 0 Å². The van der Waals surface area contributed by atoms with Gasteiger partial charge in [0.05, 0.1) is 19.3 Å². The SMILES string of the molecule is NCCCC(=O)NCC(c1cccc(F)c1)N1CCOCC1. The molecule has 1 saturated heterocycles. The van der Waals surface area contributed by atoms with Crippen LogP contribution in [-0.4, -0.2) is 50.2 Å². The number of benzene rings is 1. The molecule has 1 unspecified atom stereocenters. The Hall–Kier alpha value is -1.50. The molecule has 0 saturated carbocycles. The second-order valence-corrected chi connectivity index (χ2v) is 5.42. The van der Waals surface area contributed by atoms with Crippen LogP contribution < -0.4 is 11.1 Å². The molecule has 5 nitrogen and oxygen atoms in total. The monoisotopic (exact) mass is 309 g/mol. The van der Waals surface area contributed by atoms with E-state index >= 15 is 0 Å². The van der Waals surface area contributed by atoms with Gasteiger partial charge in [-0.25, -0.2) is 4.39 Å². The van der Waals surface area contributed by atoms with E-state index in [0.29, 0.717) is 39.1 Å². The fraction of sp³-hybridized carbons (Fsp3) is 0.562. The average Bonchev–Trinajstić information content (AvgIpc) is 2.54. The number of rotatable bonds is 7. The Bertz CT molecular complexity index is 478. The van der Waals surface area contributed by atoms with Crippen molar-refractivity contribution in [2.75, 3.05) is 39.4 Å². The minimum atomic E-state index is -0.259. The van der Waals surface area contributed by atoms with Gasteiger partial charge in [0.2, 0.25) is 5.91 Å². The van der Waals surface area contributed by atoms with Crippen LogP contribution in [0.4, 0.5) is 4.39 Å². The molecule has 1 aromatic carbocycles. The van der Waals surface area contributed by atoms with Crippen LogP contribution >= 0.6 is 0 Å². The fourth-order valence-corrected chi connectivity index (χ4v) is 2.62. The fourth-order valence-electron chi connectivity index (χ4n) is 2.62. The van der Waals surface area contributed by atoms with E-state index in [1.54, 1.807) is 6.07 Å². The molecule has 0 aromatic heterocycles. The number of nitrogens with two attached hydrogens (primary N) is 1. The van der Waals surface area contributed by atoms with E-state index in [2.05, 4.69) is 10.2 Å². The normalized spacial score (nSPS) is 17.2. The molecule has 1 fully saturated rings. The Morgan fingerprint density at radius 2 is 2.18 bits per heavy atom. The molecule has 0 radical (unpaired) electrons. The lowest BCUT2D eigenvalue weighted by Gasteiger charge is -2.35. The standard InChI is InChI=1S/C16H24FN3O2/c17-14-4-1-3-13(11-14)15(20-7-9-22-10-8-20)12-19-16(21)5-2-6-18/h1,3-4,11,15H,2,5-10,12,18H2,(H,19,21). The summed E-state index contributed by atoms with van der Waals surface area (Å²) in [4.78, 5) is 14.0. The van der Waals surface area contributed by atoms with Crippen LogP contribution in [-0.2, 0) is 9.53 Å². The predicted molar refractivity (Wildman–Crippen MR) is 82.8 cm³/mol. The zero-order valence-electron chi connectivity index (χ0n) is 12.8. The van der Waals surface area contributed by atoms with Crippen LogP contribution in [0.5, 0.6) is 0 Å². The zero-order valence-corrected chi connectivity index (χ0v) is 12.8. The zero-order chi connectivity index (χ0) is 15.8. The molecule has 1 heterocycles. The van der Waals surface area contributed by atoms with Gasteiger partial charge in [-0.3, -0.25) is 9.69 Å². The molecule has 3 N–H and O–H groups in total. The number of nitrogens with zero attached hydrogens (tertiary/aromatic N) is 1. The minimum absolute atomic E-state index is 0.0138. The van der Waals surface area contributed by atoms with Crippen LogP contribution in [0.25, 0.3) is 0 Å². The quantitative estimate of drug-likeness (QED) is 0.790. The van der Waals surface area contributed by atoms with Gasteiger partial charge in [0, 0.05) is 26.1 Å². The second-order valence-electron chi connectivity index (χ2n) is 5.42. The summed E-state index contributed by atoms with van der Waals surface area (Å²) in [5.41, 5.74) is 6.29. The van der Waals surface area contributed by atoms with Gasteiger partial charge in [-0.05, 0) is 30.7 Å². The smallest absolute Gasteiger partial charge is 0.220 e. The van der Waals surface area contributed by atoms with Crippen molar-refractivity contribution in [3.05, 3.63) is 35.6 Å². The summed E-state index contributed by atoms with van der Waals surface area (Å²) in [6.45, 7) is 3.84. The first-order chi connectivity index (χ1) is 10.7. The molecule has 1 aliphatic heterocycles. The van der Waals surface area contributed by atoms with E-state index in [-0.39, 0.29) is 17.8 Å². The Kier molecular flexibility index (Phi) is 6.76. The van der Waals surface area contributed by atoms with Gasteiger partial charge in [0.1, 0.15) is 5.82 Å². The average molecular weight is 309 g/mol. The molecule has 2 rings (SSSR count). The van der Waals surface area contributed by atoms with Crippen molar-refractivity contribution in [1.29, 1.82) is 0 Å². The topological polar surface area (TPSA) is 67.6 Å². The molecular weight excluding hydrogens is 285 g/mol. The Morgan fingerprint density at radius 1 is 1.41 bits per heavy atom. The number of amides is 1. The number of carbonyl (C=O) groups is 1. The lowest BCUT2D eigenvalue weighted by Crippen LogP contribution is -2.43. The first-order valence-electron chi connectivity index (χ1n) is 7.74. The lowest BCUT2D eigenvalue weighted by molar-refractivity contribution is -0.121. The highest BCUT2D eigenvalue weighted by Crippen LogP contribution is 2.22. The lowest BCUT2D eigenvalue weighted by atomic mass is 10.0. The van der Waals surface area contributed by atoms with Crippen LogP contribution in [0.3, 0.4) is 0 Å². The largest absolute Gasteiger partial charge is 0.379 e. The summed E-state index contributed by atoms with van der Waals surface area (Å²) in [7, 11) is 0. The van der Waals surface area contributed by atoms with E-state index in [1.165, 1.54) is 12.1 Å². The maximum atomic E-state index is 13.5. The molecule has 1 aromatic rings. The number of hydrogen-bond donors (Lipinski definition) is 2. The second kappa shape index (κ2) is 8.82. The van der Waals surface area contributed by atoms with E-state index in [9.17, 15) is 9.18 Å². The van der Waals surface area contributed by atoms with Crippen molar-refractivity contribution in [3.63, 3.8) is 0 Å². The maximum Gasteiger partial charge on any atom is 0.220 e. The highest BCUT2D eigenvalue weighted by atomic mass is 19.1. The van der Waals surface area contributed by atoms with Gasteiger partial charge in [0.15, 0.2) is 0 Å². The van der Waals surface area contributed by atoms with Gasteiger partial charge < -0.3 is 15.8 Å². The molecule has 1 atom stereocenters. The van der Waals surface area contributed by atoms with Crippen LogP contribution in [0, 0.1) is 5.82 Å². The van der Waals surface area contributed by atoms with Gasteiger partial charge in [0.25, 0.3) is 0 Å². The van der Waals surface area contributed by atoms with E-state index in [4.69, 9.17) is 10.5 Å².